The third kappa shape index (κ3) is 3.35. The van der Waals surface area contributed by atoms with Gasteiger partial charge in [0.05, 0.1) is 6.61 Å². The molecule has 0 aliphatic carbocycles. The van der Waals surface area contributed by atoms with Gasteiger partial charge in [0, 0.05) is 38.3 Å². The van der Waals surface area contributed by atoms with Gasteiger partial charge in [-0.3, -0.25) is 9.59 Å². The van der Waals surface area contributed by atoms with Crippen LogP contribution in [0, 0.1) is 0 Å². The highest BCUT2D eigenvalue weighted by molar-refractivity contribution is 5.95. The number of piperazine rings is 1. The van der Waals surface area contributed by atoms with Gasteiger partial charge in [0.15, 0.2) is 0 Å². The minimum absolute atomic E-state index is 0.0394. The number of ether oxygens (including phenoxy) is 2. The van der Waals surface area contributed by atoms with Gasteiger partial charge in [0.2, 0.25) is 0 Å². The standard InChI is InChI=1S/C19H24N2O4/c22-18(15-5-6-16-14(13-15)3-1-11-24-16)20-7-9-21(10-8-20)19(23)17-4-2-12-25-17/h5-6,13,17H,1-4,7-12H2. The molecule has 0 N–H and O–H groups in total. The largest absolute Gasteiger partial charge is 0.493 e. The first kappa shape index (κ1) is 16.4. The average molecular weight is 344 g/mol. The summed E-state index contributed by atoms with van der Waals surface area (Å²) in [5.41, 5.74) is 1.83. The van der Waals surface area contributed by atoms with Gasteiger partial charge in [0.1, 0.15) is 11.9 Å². The van der Waals surface area contributed by atoms with Gasteiger partial charge < -0.3 is 19.3 Å². The van der Waals surface area contributed by atoms with Crippen LogP contribution in [0.3, 0.4) is 0 Å². The number of nitrogens with zero attached hydrogens (tertiary/aromatic N) is 2. The number of hydrogen-bond acceptors (Lipinski definition) is 4. The molecule has 2 saturated heterocycles. The minimum atomic E-state index is -0.275. The van der Waals surface area contributed by atoms with Crippen molar-refractivity contribution in [3.8, 4) is 5.75 Å². The van der Waals surface area contributed by atoms with Crippen LogP contribution in [0.2, 0.25) is 0 Å². The number of benzene rings is 1. The number of fused-ring (bicyclic) bond motifs is 1. The maximum absolute atomic E-state index is 12.8. The maximum Gasteiger partial charge on any atom is 0.253 e. The van der Waals surface area contributed by atoms with Crippen molar-refractivity contribution in [1.29, 1.82) is 0 Å². The highest BCUT2D eigenvalue weighted by Gasteiger charge is 2.31. The Morgan fingerprint density at radius 1 is 1.00 bits per heavy atom. The second kappa shape index (κ2) is 7.04. The fourth-order valence-corrected chi connectivity index (χ4v) is 3.78. The van der Waals surface area contributed by atoms with Crippen LogP contribution in [0.25, 0.3) is 0 Å². The van der Waals surface area contributed by atoms with Gasteiger partial charge in [-0.2, -0.15) is 0 Å². The van der Waals surface area contributed by atoms with Crippen molar-refractivity contribution in [2.24, 2.45) is 0 Å². The van der Waals surface area contributed by atoms with Crippen molar-refractivity contribution >= 4 is 11.8 Å². The van der Waals surface area contributed by atoms with Crippen molar-refractivity contribution in [1.82, 2.24) is 9.80 Å². The second-order valence-corrected chi connectivity index (χ2v) is 6.89. The van der Waals surface area contributed by atoms with Crippen LogP contribution in [0.5, 0.6) is 5.75 Å². The normalized spacial score (nSPS) is 23.1. The van der Waals surface area contributed by atoms with E-state index in [2.05, 4.69) is 0 Å². The molecule has 2 amide bonds. The van der Waals surface area contributed by atoms with E-state index in [4.69, 9.17) is 9.47 Å². The van der Waals surface area contributed by atoms with Gasteiger partial charge in [-0.15, -0.1) is 0 Å². The van der Waals surface area contributed by atoms with Crippen LogP contribution < -0.4 is 4.74 Å². The fourth-order valence-electron chi connectivity index (χ4n) is 3.78. The molecule has 2 fully saturated rings. The number of aryl methyl sites for hydroxylation is 1. The second-order valence-electron chi connectivity index (χ2n) is 6.89. The molecular formula is C19H24N2O4. The summed E-state index contributed by atoms with van der Waals surface area (Å²) < 4.78 is 11.1. The fraction of sp³-hybridized carbons (Fsp3) is 0.579. The Labute approximate surface area is 147 Å². The molecule has 6 heteroatoms. The van der Waals surface area contributed by atoms with E-state index >= 15 is 0 Å². The summed E-state index contributed by atoms with van der Waals surface area (Å²) in [6, 6.07) is 5.70. The van der Waals surface area contributed by atoms with Crippen molar-refractivity contribution in [2.45, 2.75) is 31.8 Å². The Morgan fingerprint density at radius 2 is 1.80 bits per heavy atom. The lowest BCUT2D eigenvalue weighted by molar-refractivity contribution is -0.142. The summed E-state index contributed by atoms with van der Waals surface area (Å²) in [4.78, 5) is 28.8. The molecule has 25 heavy (non-hydrogen) atoms. The van der Waals surface area contributed by atoms with E-state index in [1.165, 1.54) is 0 Å². The molecule has 1 aromatic rings. The summed E-state index contributed by atoms with van der Waals surface area (Å²) in [7, 11) is 0. The highest BCUT2D eigenvalue weighted by Crippen LogP contribution is 2.26. The Hall–Kier alpha value is -2.08. The lowest BCUT2D eigenvalue weighted by atomic mass is 10.0. The Balaban J connectivity index is 1.37. The van der Waals surface area contributed by atoms with Crippen LogP contribution in [-0.2, 0) is 16.0 Å². The van der Waals surface area contributed by atoms with Crippen LogP contribution in [0.15, 0.2) is 18.2 Å². The molecule has 1 atom stereocenters. The zero-order valence-corrected chi connectivity index (χ0v) is 14.4. The lowest BCUT2D eigenvalue weighted by Crippen LogP contribution is -2.52. The first-order valence-electron chi connectivity index (χ1n) is 9.18. The molecule has 134 valence electrons. The van der Waals surface area contributed by atoms with Gasteiger partial charge in [-0.1, -0.05) is 0 Å². The zero-order chi connectivity index (χ0) is 17.2. The third-order valence-corrected chi connectivity index (χ3v) is 5.24. The third-order valence-electron chi connectivity index (χ3n) is 5.24. The monoisotopic (exact) mass is 344 g/mol. The molecule has 3 aliphatic heterocycles. The molecule has 3 aliphatic rings. The van der Waals surface area contributed by atoms with E-state index in [0.29, 0.717) is 38.3 Å². The summed E-state index contributed by atoms with van der Waals surface area (Å²) in [5.74, 6) is 1.02. The van der Waals surface area contributed by atoms with Crippen LogP contribution in [0.1, 0.15) is 35.2 Å². The smallest absolute Gasteiger partial charge is 0.253 e. The molecule has 0 spiro atoms. The first-order valence-corrected chi connectivity index (χ1v) is 9.18. The van der Waals surface area contributed by atoms with E-state index in [-0.39, 0.29) is 17.9 Å². The minimum Gasteiger partial charge on any atom is -0.493 e. The van der Waals surface area contributed by atoms with E-state index < -0.39 is 0 Å². The molecule has 6 nitrogen and oxygen atoms in total. The Morgan fingerprint density at radius 3 is 2.56 bits per heavy atom. The molecule has 3 heterocycles. The lowest BCUT2D eigenvalue weighted by Gasteiger charge is -2.36. The molecular weight excluding hydrogens is 320 g/mol. The van der Waals surface area contributed by atoms with E-state index in [1.54, 1.807) is 0 Å². The van der Waals surface area contributed by atoms with Crippen molar-refractivity contribution in [3.05, 3.63) is 29.3 Å². The quantitative estimate of drug-likeness (QED) is 0.815. The number of carbonyl (C=O) groups excluding carboxylic acids is 2. The molecule has 1 aromatic carbocycles. The molecule has 1 unspecified atom stereocenters. The molecule has 0 radical (unpaired) electrons. The van der Waals surface area contributed by atoms with Crippen molar-refractivity contribution in [2.75, 3.05) is 39.4 Å². The predicted molar refractivity (Wildman–Crippen MR) is 91.7 cm³/mol. The van der Waals surface area contributed by atoms with Crippen molar-refractivity contribution in [3.63, 3.8) is 0 Å². The maximum atomic E-state index is 12.8. The van der Waals surface area contributed by atoms with E-state index in [1.807, 2.05) is 28.0 Å². The van der Waals surface area contributed by atoms with Gasteiger partial charge in [-0.25, -0.2) is 0 Å². The topological polar surface area (TPSA) is 59.1 Å². The predicted octanol–water partition coefficient (Wildman–Crippen LogP) is 1.47. The first-order chi connectivity index (χ1) is 12.2. The zero-order valence-electron chi connectivity index (χ0n) is 14.4. The summed E-state index contributed by atoms with van der Waals surface area (Å²) in [6.07, 6.45) is 3.45. The summed E-state index contributed by atoms with van der Waals surface area (Å²) in [6.45, 7) is 3.74. The molecule has 0 saturated carbocycles. The van der Waals surface area contributed by atoms with Gasteiger partial charge in [-0.05, 0) is 49.4 Å². The summed E-state index contributed by atoms with van der Waals surface area (Å²) in [5, 5.41) is 0. The van der Waals surface area contributed by atoms with Gasteiger partial charge >= 0.3 is 0 Å². The van der Waals surface area contributed by atoms with Gasteiger partial charge in [0.25, 0.3) is 11.8 Å². The van der Waals surface area contributed by atoms with Crippen LogP contribution >= 0.6 is 0 Å². The number of rotatable bonds is 2. The molecule has 0 bridgehead atoms. The van der Waals surface area contributed by atoms with E-state index in [0.717, 1.165) is 43.6 Å². The number of carbonyl (C=O) groups is 2. The Kier molecular flexibility index (Phi) is 4.61. The SMILES string of the molecule is O=C(c1ccc2c(c1)CCCO2)N1CCN(C(=O)C2CCCO2)CC1. The highest BCUT2D eigenvalue weighted by atomic mass is 16.5. The molecule has 4 rings (SSSR count). The van der Waals surface area contributed by atoms with Crippen LogP contribution in [-0.4, -0.2) is 67.1 Å². The Bertz CT molecular complexity index is 661. The summed E-state index contributed by atoms with van der Waals surface area (Å²) >= 11 is 0. The molecule has 0 aromatic heterocycles. The number of hydrogen-bond donors (Lipinski definition) is 0. The number of amides is 2. The van der Waals surface area contributed by atoms with Crippen molar-refractivity contribution < 1.29 is 19.1 Å². The van der Waals surface area contributed by atoms with Crippen LogP contribution in [0.4, 0.5) is 0 Å². The average Bonchev–Trinajstić information content (AvgIpc) is 3.21. The van der Waals surface area contributed by atoms with E-state index in [9.17, 15) is 9.59 Å².